The van der Waals surface area contributed by atoms with Gasteiger partial charge in [0.1, 0.15) is 5.82 Å². The van der Waals surface area contributed by atoms with Crippen molar-refractivity contribution in [2.75, 3.05) is 5.32 Å². The van der Waals surface area contributed by atoms with Crippen LogP contribution in [0.1, 0.15) is 43.4 Å². The van der Waals surface area contributed by atoms with Crippen LogP contribution in [0.25, 0.3) is 0 Å². The van der Waals surface area contributed by atoms with Crippen molar-refractivity contribution in [2.24, 2.45) is 0 Å². The molecule has 0 aliphatic heterocycles. The molecule has 1 N–H and O–H groups in total. The molecule has 2 aromatic rings. The average molecular weight is 350 g/mol. The number of unbranched alkanes of at least 4 members (excludes halogenated alkanes) is 1. The quantitative estimate of drug-likeness (QED) is 0.650. The first-order chi connectivity index (χ1) is 10.1. The summed E-state index contributed by atoms with van der Waals surface area (Å²) in [6.07, 6.45) is 3.33. The Morgan fingerprint density at radius 2 is 1.86 bits per heavy atom. The number of nitrogens with one attached hydrogen (secondary N) is 1. The van der Waals surface area contributed by atoms with Gasteiger partial charge in [-0.1, -0.05) is 47.8 Å². The van der Waals surface area contributed by atoms with Gasteiger partial charge >= 0.3 is 0 Å². The van der Waals surface area contributed by atoms with E-state index < -0.39 is 0 Å². The van der Waals surface area contributed by atoms with E-state index in [1.54, 1.807) is 0 Å². The fourth-order valence-corrected chi connectivity index (χ4v) is 3.05. The molecule has 0 aliphatic rings. The van der Waals surface area contributed by atoms with Crippen LogP contribution in [-0.4, -0.2) is 0 Å². The van der Waals surface area contributed by atoms with E-state index in [0.29, 0.717) is 0 Å². The molecule has 2 rings (SSSR count). The monoisotopic (exact) mass is 349 g/mol. The van der Waals surface area contributed by atoms with Crippen LogP contribution in [0.15, 0.2) is 46.9 Å². The van der Waals surface area contributed by atoms with Gasteiger partial charge in [0, 0.05) is 10.2 Å². The summed E-state index contributed by atoms with van der Waals surface area (Å²) >= 11 is 3.53. The first-order valence-electron chi connectivity index (χ1n) is 7.37. The van der Waals surface area contributed by atoms with Gasteiger partial charge in [0.25, 0.3) is 0 Å². The second-order valence-corrected chi connectivity index (χ2v) is 6.32. The maximum absolute atomic E-state index is 13.1. The second kappa shape index (κ2) is 7.60. The highest BCUT2D eigenvalue weighted by Crippen LogP contribution is 2.27. The van der Waals surface area contributed by atoms with E-state index in [9.17, 15) is 4.39 Å². The molecule has 0 fully saturated rings. The molecule has 0 bridgehead atoms. The van der Waals surface area contributed by atoms with Gasteiger partial charge in [-0.3, -0.25) is 0 Å². The van der Waals surface area contributed by atoms with E-state index in [1.807, 2.05) is 12.1 Å². The number of rotatable bonds is 6. The van der Waals surface area contributed by atoms with E-state index in [-0.39, 0.29) is 11.9 Å². The molecule has 0 heterocycles. The molecular weight excluding hydrogens is 329 g/mol. The van der Waals surface area contributed by atoms with Crippen molar-refractivity contribution in [3.63, 3.8) is 0 Å². The normalized spacial score (nSPS) is 12.2. The van der Waals surface area contributed by atoms with Gasteiger partial charge in [-0.15, -0.1) is 0 Å². The third kappa shape index (κ3) is 4.85. The highest BCUT2D eigenvalue weighted by atomic mass is 79.9. The Morgan fingerprint density at radius 3 is 2.48 bits per heavy atom. The summed E-state index contributed by atoms with van der Waals surface area (Å²) in [7, 11) is 0. The summed E-state index contributed by atoms with van der Waals surface area (Å²) in [5, 5.41) is 3.58. The van der Waals surface area contributed by atoms with E-state index in [0.717, 1.165) is 35.0 Å². The summed E-state index contributed by atoms with van der Waals surface area (Å²) in [5.41, 5.74) is 3.43. The van der Waals surface area contributed by atoms with Crippen molar-refractivity contribution in [2.45, 2.75) is 39.2 Å². The van der Waals surface area contributed by atoms with Gasteiger partial charge in [-0.25, -0.2) is 4.39 Å². The van der Waals surface area contributed by atoms with Crippen LogP contribution in [0.3, 0.4) is 0 Å². The fourth-order valence-electron chi connectivity index (χ4n) is 2.45. The van der Waals surface area contributed by atoms with Crippen molar-refractivity contribution >= 4 is 21.6 Å². The number of benzene rings is 2. The van der Waals surface area contributed by atoms with Crippen molar-refractivity contribution in [3.8, 4) is 0 Å². The van der Waals surface area contributed by atoms with E-state index in [4.69, 9.17) is 0 Å². The van der Waals surface area contributed by atoms with Gasteiger partial charge < -0.3 is 5.32 Å². The smallest absolute Gasteiger partial charge is 0.123 e. The number of aryl methyl sites for hydroxylation is 1. The Labute approximate surface area is 134 Å². The molecule has 0 amide bonds. The van der Waals surface area contributed by atoms with Crippen molar-refractivity contribution in [3.05, 3.63) is 63.9 Å². The molecule has 0 saturated heterocycles. The van der Waals surface area contributed by atoms with Crippen molar-refractivity contribution in [1.29, 1.82) is 0 Å². The number of hydrogen-bond acceptors (Lipinski definition) is 1. The Kier molecular flexibility index (Phi) is 5.80. The zero-order valence-corrected chi connectivity index (χ0v) is 14.1. The molecule has 2 aromatic carbocycles. The molecule has 21 heavy (non-hydrogen) atoms. The van der Waals surface area contributed by atoms with Gasteiger partial charge in [-0.05, 0) is 54.8 Å². The summed E-state index contributed by atoms with van der Waals surface area (Å²) in [6, 6.07) is 13.3. The van der Waals surface area contributed by atoms with Crippen LogP contribution in [0.2, 0.25) is 0 Å². The lowest BCUT2D eigenvalue weighted by molar-refractivity contribution is 0.616. The molecule has 1 unspecified atom stereocenters. The number of halogens is 2. The van der Waals surface area contributed by atoms with Crippen molar-refractivity contribution < 1.29 is 4.39 Å². The molecule has 3 heteroatoms. The van der Waals surface area contributed by atoms with E-state index in [2.05, 4.69) is 53.3 Å². The topological polar surface area (TPSA) is 12.0 Å². The van der Waals surface area contributed by atoms with Crippen LogP contribution >= 0.6 is 15.9 Å². The molecular formula is C18H21BrFN. The molecule has 112 valence electrons. The predicted octanol–water partition coefficient (Wildman–Crippen LogP) is 6.24. The summed E-state index contributed by atoms with van der Waals surface area (Å²) in [6.45, 7) is 4.26. The lowest BCUT2D eigenvalue weighted by Crippen LogP contribution is -2.11. The molecule has 0 saturated carbocycles. The maximum atomic E-state index is 13.1. The SMILES string of the molecule is CCCCC(Nc1cc(C)cc(Br)c1)c1ccc(F)cc1. The first-order valence-corrected chi connectivity index (χ1v) is 8.17. The Balaban J connectivity index is 2.21. The number of hydrogen-bond donors (Lipinski definition) is 1. The van der Waals surface area contributed by atoms with E-state index in [1.165, 1.54) is 17.7 Å². The zero-order valence-electron chi connectivity index (χ0n) is 12.5. The second-order valence-electron chi connectivity index (χ2n) is 5.41. The largest absolute Gasteiger partial charge is 0.378 e. The molecule has 0 spiro atoms. The number of anilines is 1. The fraction of sp³-hybridized carbons (Fsp3) is 0.333. The van der Waals surface area contributed by atoms with Crippen LogP contribution in [-0.2, 0) is 0 Å². The first kappa shape index (κ1) is 16.0. The molecule has 0 aliphatic carbocycles. The van der Waals surface area contributed by atoms with Gasteiger partial charge in [-0.2, -0.15) is 0 Å². The van der Waals surface area contributed by atoms with Crippen LogP contribution in [0.4, 0.5) is 10.1 Å². The van der Waals surface area contributed by atoms with Crippen molar-refractivity contribution in [1.82, 2.24) is 0 Å². The maximum Gasteiger partial charge on any atom is 0.123 e. The predicted molar refractivity (Wildman–Crippen MR) is 91.2 cm³/mol. The highest BCUT2D eigenvalue weighted by molar-refractivity contribution is 9.10. The van der Waals surface area contributed by atoms with E-state index >= 15 is 0 Å². The van der Waals surface area contributed by atoms with Gasteiger partial charge in [0.05, 0.1) is 6.04 Å². The Morgan fingerprint density at radius 1 is 1.14 bits per heavy atom. The highest BCUT2D eigenvalue weighted by Gasteiger charge is 2.11. The minimum atomic E-state index is -0.189. The summed E-state index contributed by atoms with van der Waals surface area (Å²) in [4.78, 5) is 0. The summed E-state index contributed by atoms with van der Waals surface area (Å²) < 4.78 is 14.2. The Hall–Kier alpha value is -1.35. The molecule has 0 aromatic heterocycles. The zero-order chi connectivity index (χ0) is 15.2. The lowest BCUT2D eigenvalue weighted by Gasteiger charge is -2.21. The molecule has 1 atom stereocenters. The minimum Gasteiger partial charge on any atom is -0.378 e. The van der Waals surface area contributed by atoms with Crippen LogP contribution in [0, 0.1) is 12.7 Å². The molecule has 1 nitrogen and oxygen atoms in total. The van der Waals surface area contributed by atoms with Crippen LogP contribution < -0.4 is 5.32 Å². The lowest BCUT2D eigenvalue weighted by atomic mass is 10.0. The average Bonchev–Trinajstić information content (AvgIpc) is 2.43. The third-order valence-electron chi connectivity index (χ3n) is 3.50. The third-order valence-corrected chi connectivity index (χ3v) is 3.96. The minimum absolute atomic E-state index is 0.189. The van der Waals surface area contributed by atoms with Gasteiger partial charge in [0.15, 0.2) is 0 Å². The van der Waals surface area contributed by atoms with Gasteiger partial charge in [0.2, 0.25) is 0 Å². The summed E-state index contributed by atoms with van der Waals surface area (Å²) in [5.74, 6) is -0.189. The standard InChI is InChI=1S/C18H21BrFN/c1-3-4-5-18(14-6-8-16(20)9-7-14)21-17-11-13(2)10-15(19)12-17/h6-12,18,21H,3-5H2,1-2H3. The van der Waals surface area contributed by atoms with Crippen LogP contribution in [0.5, 0.6) is 0 Å². The molecule has 0 radical (unpaired) electrons. The Bertz CT molecular complexity index is 560.